The van der Waals surface area contributed by atoms with Crippen molar-refractivity contribution in [1.29, 1.82) is 0 Å². The van der Waals surface area contributed by atoms with Crippen LogP contribution >= 0.6 is 23.2 Å². The Morgan fingerprint density at radius 1 is 0.941 bits per heavy atom. The first-order chi connectivity index (χ1) is 16.3. The number of carbonyl (C=O) groups excluding carboxylic acids is 4. The molecular weight excluding hydrogens is 479 g/mol. The van der Waals surface area contributed by atoms with E-state index in [4.69, 9.17) is 27.9 Å². The third-order valence-electron chi connectivity index (χ3n) is 6.82. The highest BCUT2D eigenvalue weighted by Gasteiger charge is 2.48. The molecule has 0 unspecified atom stereocenters. The predicted octanol–water partition coefficient (Wildman–Crippen LogP) is 4.63. The largest absolute Gasteiger partial charge is 0.426 e. The van der Waals surface area contributed by atoms with Crippen LogP contribution in [0.15, 0.2) is 42.5 Å². The standard InChI is InChI=1S/C25H22Cl2N2O5/c26-19-9-4-10-20(22(19)27)28-13-14(11-21(28)30)25(33)34-16-6-3-5-15(12-16)29-23(31)17-7-1-2-8-18(17)24(29)32/h3-6,9-10,12,14,17-18H,1-2,7-8,11,13H2/t14-,17+,18+/m0/s1. The van der Waals surface area contributed by atoms with Gasteiger partial charge < -0.3 is 9.64 Å². The lowest BCUT2D eigenvalue weighted by Crippen LogP contribution is -2.31. The van der Waals surface area contributed by atoms with Gasteiger partial charge in [0.25, 0.3) is 0 Å². The fourth-order valence-electron chi connectivity index (χ4n) is 5.10. The van der Waals surface area contributed by atoms with Crippen LogP contribution in [-0.2, 0) is 19.2 Å². The van der Waals surface area contributed by atoms with Gasteiger partial charge in [0, 0.05) is 19.0 Å². The molecule has 2 aliphatic heterocycles. The molecule has 0 bridgehead atoms. The van der Waals surface area contributed by atoms with Crippen molar-refractivity contribution >= 4 is 58.3 Å². The molecule has 5 rings (SSSR count). The highest BCUT2D eigenvalue weighted by atomic mass is 35.5. The van der Waals surface area contributed by atoms with Gasteiger partial charge in [-0.05, 0) is 37.1 Å². The smallest absolute Gasteiger partial charge is 0.316 e. The fraction of sp³-hybridized carbons (Fsp3) is 0.360. The number of hydrogen-bond donors (Lipinski definition) is 0. The lowest BCUT2D eigenvalue weighted by molar-refractivity contribution is -0.139. The monoisotopic (exact) mass is 500 g/mol. The number of nitrogens with zero attached hydrogens (tertiary/aromatic N) is 2. The Morgan fingerprint density at radius 3 is 2.32 bits per heavy atom. The van der Waals surface area contributed by atoms with Gasteiger partial charge in [-0.15, -0.1) is 0 Å². The van der Waals surface area contributed by atoms with E-state index >= 15 is 0 Å². The molecule has 1 saturated carbocycles. The number of hydrogen-bond acceptors (Lipinski definition) is 5. The number of anilines is 2. The maximum Gasteiger partial charge on any atom is 0.316 e. The number of ether oxygens (including phenoxy) is 1. The molecule has 7 nitrogen and oxygen atoms in total. The first-order valence-corrected chi connectivity index (χ1v) is 12.0. The summed E-state index contributed by atoms with van der Waals surface area (Å²) >= 11 is 12.3. The molecule has 3 atom stereocenters. The summed E-state index contributed by atoms with van der Waals surface area (Å²) in [4.78, 5) is 53.8. The number of halogens is 2. The molecule has 0 aromatic heterocycles. The summed E-state index contributed by atoms with van der Waals surface area (Å²) < 4.78 is 5.55. The fourth-order valence-corrected chi connectivity index (χ4v) is 5.50. The van der Waals surface area contributed by atoms with Crippen LogP contribution in [0.25, 0.3) is 0 Å². The minimum absolute atomic E-state index is 0.0200. The maximum absolute atomic E-state index is 12.9. The van der Waals surface area contributed by atoms with E-state index in [0.29, 0.717) is 16.4 Å². The Labute approximate surface area is 206 Å². The zero-order chi connectivity index (χ0) is 24.0. The molecule has 0 spiro atoms. The summed E-state index contributed by atoms with van der Waals surface area (Å²) in [5.74, 6) is -2.20. The Bertz CT molecular complexity index is 1180. The van der Waals surface area contributed by atoms with Crippen LogP contribution in [0.1, 0.15) is 32.1 Å². The summed E-state index contributed by atoms with van der Waals surface area (Å²) in [5, 5.41) is 0.570. The predicted molar refractivity (Wildman–Crippen MR) is 127 cm³/mol. The number of amides is 3. The first-order valence-electron chi connectivity index (χ1n) is 11.3. The van der Waals surface area contributed by atoms with Crippen LogP contribution in [0.2, 0.25) is 10.0 Å². The van der Waals surface area contributed by atoms with Crippen LogP contribution < -0.4 is 14.5 Å². The molecule has 0 N–H and O–H groups in total. The van der Waals surface area contributed by atoms with E-state index in [1.807, 2.05) is 0 Å². The van der Waals surface area contributed by atoms with Crippen LogP contribution in [0.3, 0.4) is 0 Å². The van der Waals surface area contributed by atoms with Crippen LogP contribution in [0, 0.1) is 17.8 Å². The molecule has 2 aromatic carbocycles. The third kappa shape index (κ3) is 3.97. The van der Waals surface area contributed by atoms with Crippen molar-refractivity contribution in [3.05, 3.63) is 52.5 Å². The second kappa shape index (κ2) is 9.04. The number of fused-ring (bicyclic) bond motifs is 1. The van der Waals surface area contributed by atoms with Gasteiger partial charge in [-0.2, -0.15) is 0 Å². The van der Waals surface area contributed by atoms with Crippen LogP contribution in [-0.4, -0.2) is 30.2 Å². The van der Waals surface area contributed by atoms with Gasteiger partial charge in [-0.25, -0.2) is 4.90 Å². The number of benzene rings is 2. The van der Waals surface area contributed by atoms with E-state index in [1.165, 1.54) is 15.9 Å². The molecule has 0 radical (unpaired) electrons. The second-order valence-corrected chi connectivity index (χ2v) is 9.69. The average Bonchev–Trinajstić information content (AvgIpc) is 3.33. The molecule has 2 heterocycles. The quantitative estimate of drug-likeness (QED) is 0.347. The number of carbonyl (C=O) groups is 4. The van der Waals surface area contributed by atoms with E-state index in [-0.39, 0.29) is 53.3 Å². The minimum atomic E-state index is -0.691. The van der Waals surface area contributed by atoms with Crippen LogP contribution in [0.4, 0.5) is 11.4 Å². The molecular formula is C25H22Cl2N2O5. The van der Waals surface area contributed by atoms with Crippen molar-refractivity contribution in [2.24, 2.45) is 17.8 Å². The van der Waals surface area contributed by atoms with Crippen molar-refractivity contribution in [1.82, 2.24) is 0 Å². The second-order valence-electron chi connectivity index (χ2n) is 8.91. The Balaban J connectivity index is 1.30. The molecule has 9 heteroatoms. The normalized spacial score (nSPS) is 24.5. The molecule has 1 aliphatic carbocycles. The van der Waals surface area contributed by atoms with Crippen molar-refractivity contribution in [2.45, 2.75) is 32.1 Å². The Morgan fingerprint density at radius 2 is 1.62 bits per heavy atom. The molecule has 176 valence electrons. The van der Waals surface area contributed by atoms with Gasteiger partial charge in [0.1, 0.15) is 5.75 Å². The SMILES string of the molecule is O=C(Oc1cccc(N2C(=O)[C@@H]3CCCC[C@H]3C2=O)c1)[C@H]1CC(=O)N(c2cccc(Cl)c2Cl)C1. The van der Waals surface area contributed by atoms with E-state index in [2.05, 4.69) is 0 Å². The lowest BCUT2D eigenvalue weighted by atomic mass is 9.81. The molecule has 2 aromatic rings. The van der Waals surface area contributed by atoms with Gasteiger partial charge in [0.05, 0.1) is 39.2 Å². The molecule has 2 saturated heterocycles. The van der Waals surface area contributed by atoms with E-state index in [0.717, 1.165) is 25.7 Å². The number of esters is 1. The number of imide groups is 1. The molecule has 3 fully saturated rings. The van der Waals surface area contributed by atoms with Crippen molar-refractivity contribution in [3.63, 3.8) is 0 Å². The summed E-state index contributed by atoms with van der Waals surface area (Å²) in [6, 6.07) is 11.4. The van der Waals surface area contributed by atoms with Gasteiger partial charge >= 0.3 is 5.97 Å². The summed E-state index contributed by atoms with van der Waals surface area (Å²) in [5.41, 5.74) is 0.841. The molecule has 34 heavy (non-hydrogen) atoms. The average molecular weight is 501 g/mol. The van der Waals surface area contributed by atoms with Crippen molar-refractivity contribution in [3.8, 4) is 5.75 Å². The highest BCUT2D eigenvalue weighted by Crippen LogP contribution is 2.41. The van der Waals surface area contributed by atoms with Gasteiger partial charge in [0.15, 0.2) is 0 Å². The lowest BCUT2D eigenvalue weighted by Gasteiger charge is -2.19. The van der Waals surface area contributed by atoms with Crippen molar-refractivity contribution < 1.29 is 23.9 Å². The van der Waals surface area contributed by atoms with E-state index in [9.17, 15) is 19.2 Å². The Kier molecular flexibility index (Phi) is 6.08. The summed E-state index contributed by atoms with van der Waals surface area (Å²) in [7, 11) is 0. The molecule has 3 amide bonds. The van der Waals surface area contributed by atoms with Gasteiger partial charge in [-0.3, -0.25) is 19.2 Å². The first kappa shape index (κ1) is 22.9. The zero-order valence-electron chi connectivity index (χ0n) is 18.2. The highest BCUT2D eigenvalue weighted by molar-refractivity contribution is 6.44. The van der Waals surface area contributed by atoms with Gasteiger partial charge in [0.2, 0.25) is 17.7 Å². The summed E-state index contributed by atoms with van der Waals surface area (Å²) in [6.07, 6.45) is 3.33. The zero-order valence-corrected chi connectivity index (χ0v) is 19.7. The minimum Gasteiger partial charge on any atom is -0.426 e. The Hall–Kier alpha value is -2.90. The molecule has 3 aliphatic rings. The van der Waals surface area contributed by atoms with Gasteiger partial charge in [-0.1, -0.05) is 48.2 Å². The summed E-state index contributed by atoms with van der Waals surface area (Å²) in [6.45, 7) is 0.115. The van der Waals surface area contributed by atoms with E-state index in [1.54, 1.807) is 36.4 Å². The van der Waals surface area contributed by atoms with E-state index < -0.39 is 11.9 Å². The van der Waals surface area contributed by atoms with Crippen LogP contribution in [0.5, 0.6) is 5.75 Å². The van der Waals surface area contributed by atoms with Crippen molar-refractivity contribution in [2.75, 3.05) is 16.3 Å². The third-order valence-corrected chi connectivity index (χ3v) is 7.62. The maximum atomic E-state index is 12.9. The topological polar surface area (TPSA) is 84.0 Å². The number of rotatable bonds is 4.